The third-order valence-corrected chi connectivity index (χ3v) is 4.04. The van der Waals surface area contributed by atoms with E-state index in [1.807, 2.05) is 12.1 Å². The predicted molar refractivity (Wildman–Crippen MR) is 110 cm³/mol. The van der Waals surface area contributed by atoms with Gasteiger partial charge in [0.2, 0.25) is 0 Å². The highest BCUT2D eigenvalue weighted by molar-refractivity contribution is 5.86. The van der Waals surface area contributed by atoms with Crippen LogP contribution in [0.15, 0.2) is 54.6 Å². The maximum absolute atomic E-state index is 11.5. The number of carbonyl (C=O) groups is 1. The fraction of sp³-hybridized carbons (Fsp3) is 0.348. The molecule has 150 valence electrons. The zero-order valence-corrected chi connectivity index (χ0v) is 16.6. The van der Waals surface area contributed by atoms with Crippen LogP contribution in [0.2, 0.25) is 0 Å². The molecule has 0 aliphatic heterocycles. The Bertz CT molecular complexity index is 780. The van der Waals surface area contributed by atoms with Gasteiger partial charge in [-0.25, -0.2) is 4.79 Å². The van der Waals surface area contributed by atoms with Crippen molar-refractivity contribution in [3.8, 4) is 22.6 Å². The van der Waals surface area contributed by atoms with Gasteiger partial charge in [0.15, 0.2) is 0 Å². The first-order valence-electron chi connectivity index (χ1n) is 9.47. The second-order valence-corrected chi connectivity index (χ2v) is 6.44. The topological polar surface area (TPSA) is 65.0 Å². The zero-order chi connectivity index (χ0) is 20.4. The van der Waals surface area contributed by atoms with Crippen molar-refractivity contribution in [1.82, 2.24) is 0 Å². The van der Waals surface area contributed by atoms with Crippen LogP contribution in [-0.4, -0.2) is 37.5 Å². The molecule has 0 heterocycles. The molecule has 1 N–H and O–H groups in total. The van der Waals surface area contributed by atoms with Crippen molar-refractivity contribution < 1.29 is 24.1 Å². The highest BCUT2D eigenvalue weighted by Crippen LogP contribution is 2.34. The normalized spacial score (nSPS) is 10.4. The third kappa shape index (κ3) is 6.43. The summed E-state index contributed by atoms with van der Waals surface area (Å²) in [6.07, 6.45) is 2.15. The summed E-state index contributed by atoms with van der Waals surface area (Å²) in [5.41, 5.74) is 3.60. The number of aryl methyl sites for hydroxylation is 1. The van der Waals surface area contributed by atoms with E-state index >= 15 is 0 Å². The standard InChI is InChI=1S/C23H28O5/c1-4-5-18-6-8-19(9-7-18)21-11-10-20(26-13-12-24)16-22(21)27-14-15-28-23(25)17(2)3/h6-11,16,24H,2,4-5,12-15H2,1,3H3. The van der Waals surface area contributed by atoms with Crippen LogP contribution < -0.4 is 9.47 Å². The van der Waals surface area contributed by atoms with Gasteiger partial charge in [0.05, 0.1) is 6.61 Å². The van der Waals surface area contributed by atoms with Crippen LogP contribution >= 0.6 is 0 Å². The van der Waals surface area contributed by atoms with Gasteiger partial charge in [-0.05, 0) is 36.6 Å². The third-order valence-electron chi connectivity index (χ3n) is 4.04. The monoisotopic (exact) mass is 384 g/mol. The lowest BCUT2D eigenvalue weighted by Gasteiger charge is -2.14. The van der Waals surface area contributed by atoms with Gasteiger partial charge in [0.25, 0.3) is 0 Å². The molecule has 0 aliphatic carbocycles. The molecule has 0 amide bonds. The Morgan fingerprint density at radius 1 is 1.04 bits per heavy atom. The summed E-state index contributed by atoms with van der Waals surface area (Å²) in [6, 6.07) is 13.9. The number of benzene rings is 2. The van der Waals surface area contributed by atoms with E-state index < -0.39 is 5.97 Å². The molecule has 0 unspecified atom stereocenters. The first-order chi connectivity index (χ1) is 13.5. The average molecular weight is 384 g/mol. The minimum Gasteiger partial charge on any atom is -0.491 e. The van der Waals surface area contributed by atoms with Crippen LogP contribution in [0.3, 0.4) is 0 Å². The number of ether oxygens (including phenoxy) is 3. The maximum atomic E-state index is 11.5. The van der Waals surface area contributed by atoms with Gasteiger partial charge in [0, 0.05) is 17.2 Å². The van der Waals surface area contributed by atoms with Crippen LogP contribution in [0.4, 0.5) is 0 Å². The zero-order valence-electron chi connectivity index (χ0n) is 16.6. The molecule has 0 saturated heterocycles. The highest BCUT2D eigenvalue weighted by atomic mass is 16.6. The Kier molecular flexibility index (Phi) is 8.56. The van der Waals surface area contributed by atoms with E-state index in [1.54, 1.807) is 13.0 Å². The van der Waals surface area contributed by atoms with E-state index in [2.05, 4.69) is 37.8 Å². The van der Waals surface area contributed by atoms with E-state index in [0.29, 0.717) is 17.1 Å². The van der Waals surface area contributed by atoms with Gasteiger partial charge in [-0.1, -0.05) is 44.2 Å². The Labute approximate surface area is 166 Å². The van der Waals surface area contributed by atoms with Crippen LogP contribution in [0.1, 0.15) is 25.8 Å². The van der Waals surface area contributed by atoms with Gasteiger partial charge in [-0.2, -0.15) is 0 Å². The number of esters is 1. The first kappa shape index (κ1) is 21.5. The molecule has 0 bridgehead atoms. The van der Waals surface area contributed by atoms with E-state index in [0.717, 1.165) is 24.0 Å². The lowest BCUT2D eigenvalue weighted by atomic mass is 10.0. The smallest absolute Gasteiger partial charge is 0.333 e. The second kappa shape index (κ2) is 11.1. The fourth-order valence-electron chi connectivity index (χ4n) is 2.66. The Hall–Kier alpha value is -2.79. The summed E-state index contributed by atoms with van der Waals surface area (Å²) in [7, 11) is 0. The van der Waals surface area contributed by atoms with Crippen molar-refractivity contribution in [2.45, 2.75) is 26.7 Å². The van der Waals surface area contributed by atoms with Crippen molar-refractivity contribution in [2.75, 3.05) is 26.4 Å². The molecule has 0 atom stereocenters. The second-order valence-electron chi connectivity index (χ2n) is 6.44. The number of carbonyl (C=O) groups excluding carboxylic acids is 1. The molecule has 2 rings (SSSR count). The Morgan fingerprint density at radius 2 is 1.79 bits per heavy atom. The quantitative estimate of drug-likeness (QED) is 0.358. The fourth-order valence-corrected chi connectivity index (χ4v) is 2.66. The van der Waals surface area contributed by atoms with Crippen LogP contribution in [0.25, 0.3) is 11.1 Å². The van der Waals surface area contributed by atoms with Crippen LogP contribution in [0.5, 0.6) is 11.5 Å². The number of hydrogen-bond donors (Lipinski definition) is 1. The Morgan fingerprint density at radius 3 is 2.43 bits per heavy atom. The largest absolute Gasteiger partial charge is 0.491 e. The average Bonchev–Trinajstić information content (AvgIpc) is 2.70. The van der Waals surface area contributed by atoms with Gasteiger partial charge >= 0.3 is 5.97 Å². The lowest BCUT2D eigenvalue weighted by Crippen LogP contribution is -2.12. The summed E-state index contributed by atoms with van der Waals surface area (Å²) >= 11 is 0. The van der Waals surface area contributed by atoms with Gasteiger partial charge in [-0.3, -0.25) is 0 Å². The van der Waals surface area contributed by atoms with E-state index in [9.17, 15) is 4.79 Å². The van der Waals surface area contributed by atoms with E-state index in [-0.39, 0.29) is 26.4 Å². The molecule has 0 fully saturated rings. The van der Waals surface area contributed by atoms with E-state index in [4.69, 9.17) is 19.3 Å². The molecular weight excluding hydrogens is 356 g/mol. The number of hydrogen-bond acceptors (Lipinski definition) is 5. The summed E-state index contributed by atoms with van der Waals surface area (Å²) < 4.78 is 16.4. The van der Waals surface area contributed by atoms with E-state index in [1.165, 1.54) is 5.56 Å². The van der Waals surface area contributed by atoms with Gasteiger partial charge in [-0.15, -0.1) is 0 Å². The van der Waals surface area contributed by atoms with Crippen molar-refractivity contribution >= 4 is 5.97 Å². The predicted octanol–water partition coefficient (Wildman–Crippen LogP) is 4.18. The molecule has 5 heteroatoms. The molecule has 2 aromatic carbocycles. The van der Waals surface area contributed by atoms with Gasteiger partial charge < -0.3 is 19.3 Å². The SMILES string of the molecule is C=C(C)C(=O)OCCOc1cc(OCCO)ccc1-c1ccc(CCC)cc1. The maximum Gasteiger partial charge on any atom is 0.333 e. The summed E-state index contributed by atoms with van der Waals surface area (Å²) in [4.78, 5) is 11.5. The minimum atomic E-state index is -0.435. The number of aliphatic hydroxyl groups excluding tert-OH is 1. The molecule has 2 aromatic rings. The lowest BCUT2D eigenvalue weighted by molar-refractivity contribution is -0.139. The molecule has 0 aromatic heterocycles. The molecule has 5 nitrogen and oxygen atoms in total. The summed E-state index contributed by atoms with van der Waals surface area (Å²) in [6.45, 7) is 7.80. The highest BCUT2D eigenvalue weighted by Gasteiger charge is 2.10. The van der Waals surface area contributed by atoms with Crippen molar-refractivity contribution in [1.29, 1.82) is 0 Å². The molecule has 0 radical (unpaired) electrons. The molecule has 0 spiro atoms. The molecular formula is C23H28O5. The van der Waals surface area contributed by atoms with Crippen molar-refractivity contribution in [3.05, 3.63) is 60.2 Å². The first-order valence-corrected chi connectivity index (χ1v) is 9.47. The van der Waals surface area contributed by atoms with Crippen LogP contribution in [0, 0.1) is 0 Å². The summed E-state index contributed by atoms with van der Waals surface area (Å²) in [5, 5.41) is 8.96. The van der Waals surface area contributed by atoms with Crippen LogP contribution in [-0.2, 0) is 16.0 Å². The van der Waals surface area contributed by atoms with Crippen molar-refractivity contribution in [3.63, 3.8) is 0 Å². The molecule has 28 heavy (non-hydrogen) atoms. The summed E-state index contributed by atoms with van der Waals surface area (Å²) in [5.74, 6) is 0.801. The van der Waals surface area contributed by atoms with Gasteiger partial charge in [0.1, 0.15) is 31.3 Å². The minimum absolute atomic E-state index is 0.0618. The number of rotatable bonds is 11. The molecule has 0 aliphatic rings. The number of aliphatic hydroxyl groups is 1. The molecule has 0 saturated carbocycles. The van der Waals surface area contributed by atoms with Crippen molar-refractivity contribution in [2.24, 2.45) is 0 Å². The Balaban J connectivity index is 2.16.